The van der Waals surface area contributed by atoms with Crippen molar-refractivity contribution < 1.29 is 27.5 Å². The van der Waals surface area contributed by atoms with Gasteiger partial charge in [-0.05, 0) is 35.9 Å². The molecule has 0 heterocycles. The first-order valence-electron chi connectivity index (χ1n) is 7.46. The smallest absolute Gasteiger partial charge is 0.416 e. The molecule has 138 valence electrons. The highest BCUT2D eigenvalue weighted by Crippen LogP contribution is 2.31. The molecule has 4 N–H and O–H groups in total. The molecule has 0 saturated carbocycles. The molecule has 3 amide bonds. The third-order valence-electron chi connectivity index (χ3n) is 3.24. The van der Waals surface area contributed by atoms with Gasteiger partial charge in [-0.15, -0.1) is 0 Å². The molecule has 2 rings (SSSR count). The zero-order chi connectivity index (χ0) is 19.2. The van der Waals surface area contributed by atoms with Gasteiger partial charge in [0.25, 0.3) is 5.91 Å². The lowest BCUT2D eigenvalue weighted by atomic mass is 10.2. The summed E-state index contributed by atoms with van der Waals surface area (Å²) < 4.78 is 42.9. The highest BCUT2D eigenvalue weighted by Gasteiger charge is 2.30. The van der Waals surface area contributed by atoms with E-state index in [1.54, 1.807) is 24.3 Å². The Balaban J connectivity index is 1.81. The molecular weight excluding hydrogens is 351 g/mol. The van der Waals surface area contributed by atoms with Crippen molar-refractivity contribution in [2.45, 2.75) is 12.7 Å². The second-order valence-electron chi connectivity index (χ2n) is 5.28. The van der Waals surface area contributed by atoms with Gasteiger partial charge in [0.15, 0.2) is 6.61 Å². The van der Waals surface area contributed by atoms with Gasteiger partial charge in [0.2, 0.25) is 0 Å². The summed E-state index contributed by atoms with van der Waals surface area (Å²) in [4.78, 5) is 22.5. The van der Waals surface area contributed by atoms with Crippen LogP contribution in [-0.4, -0.2) is 18.5 Å². The average molecular weight is 367 g/mol. The molecule has 0 unspecified atom stereocenters. The Kier molecular flexibility index (Phi) is 6.05. The summed E-state index contributed by atoms with van der Waals surface area (Å²) in [6, 6.07) is 10.2. The number of benzene rings is 2. The maximum absolute atomic E-state index is 12.6. The Morgan fingerprint density at radius 1 is 1.08 bits per heavy atom. The summed E-state index contributed by atoms with van der Waals surface area (Å²) >= 11 is 0. The molecule has 26 heavy (non-hydrogen) atoms. The van der Waals surface area contributed by atoms with Crippen LogP contribution in [0.2, 0.25) is 0 Å². The van der Waals surface area contributed by atoms with E-state index >= 15 is 0 Å². The molecule has 0 aliphatic heterocycles. The number of carbonyl (C=O) groups is 2. The van der Waals surface area contributed by atoms with Gasteiger partial charge >= 0.3 is 12.2 Å². The van der Waals surface area contributed by atoms with Crippen molar-refractivity contribution in [3.63, 3.8) is 0 Å². The van der Waals surface area contributed by atoms with Gasteiger partial charge in [-0.25, -0.2) is 4.79 Å². The number of nitrogens with one attached hydrogen (secondary N) is 2. The number of halogens is 3. The third kappa shape index (κ3) is 6.00. The molecule has 0 aromatic heterocycles. The quantitative estimate of drug-likeness (QED) is 0.733. The Bertz CT molecular complexity index is 777. The Hall–Kier alpha value is -3.23. The number of urea groups is 1. The Morgan fingerprint density at radius 2 is 1.77 bits per heavy atom. The molecule has 0 saturated heterocycles. The number of nitrogens with two attached hydrogens (primary N) is 1. The lowest BCUT2D eigenvalue weighted by Crippen LogP contribution is -2.28. The average Bonchev–Trinajstić information content (AvgIpc) is 2.58. The lowest BCUT2D eigenvalue weighted by molar-refractivity contribution is -0.137. The summed E-state index contributed by atoms with van der Waals surface area (Å²) in [5.41, 5.74) is 5.42. The molecule has 2 aromatic rings. The molecule has 0 bridgehead atoms. The minimum atomic E-state index is -4.48. The van der Waals surface area contributed by atoms with E-state index in [0.29, 0.717) is 5.69 Å². The molecule has 2 aromatic carbocycles. The summed E-state index contributed by atoms with van der Waals surface area (Å²) in [6.07, 6.45) is -4.48. The zero-order valence-corrected chi connectivity index (χ0v) is 13.5. The number of hydrogen-bond donors (Lipinski definition) is 3. The van der Waals surface area contributed by atoms with E-state index in [4.69, 9.17) is 10.5 Å². The van der Waals surface area contributed by atoms with Crippen molar-refractivity contribution >= 4 is 17.6 Å². The van der Waals surface area contributed by atoms with Gasteiger partial charge in [0.05, 0.1) is 5.56 Å². The van der Waals surface area contributed by atoms with Crippen molar-refractivity contribution in [1.82, 2.24) is 5.32 Å². The van der Waals surface area contributed by atoms with Crippen molar-refractivity contribution in [2.24, 2.45) is 5.73 Å². The minimum Gasteiger partial charge on any atom is -0.484 e. The van der Waals surface area contributed by atoms with Crippen molar-refractivity contribution in [2.75, 3.05) is 11.9 Å². The lowest BCUT2D eigenvalue weighted by Gasteiger charge is -2.10. The van der Waals surface area contributed by atoms with E-state index in [0.717, 1.165) is 17.7 Å². The monoisotopic (exact) mass is 367 g/mol. The van der Waals surface area contributed by atoms with Crippen LogP contribution in [-0.2, 0) is 17.5 Å². The van der Waals surface area contributed by atoms with E-state index in [1.807, 2.05) is 0 Å². The van der Waals surface area contributed by atoms with Gasteiger partial charge < -0.3 is 21.1 Å². The predicted molar refractivity (Wildman–Crippen MR) is 88.4 cm³/mol. The summed E-state index contributed by atoms with van der Waals surface area (Å²) in [5, 5.41) is 4.98. The van der Waals surface area contributed by atoms with E-state index in [2.05, 4.69) is 10.6 Å². The Morgan fingerprint density at radius 3 is 2.38 bits per heavy atom. The predicted octanol–water partition coefficient (Wildman–Crippen LogP) is 2.89. The molecule has 0 aliphatic carbocycles. The van der Waals surface area contributed by atoms with Crippen molar-refractivity contribution in [1.29, 1.82) is 0 Å². The normalized spacial score (nSPS) is 10.9. The number of anilines is 1. The van der Waals surface area contributed by atoms with Crippen LogP contribution in [0.5, 0.6) is 5.75 Å². The zero-order valence-electron chi connectivity index (χ0n) is 13.5. The number of amides is 3. The molecule has 6 nitrogen and oxygen atoms in total. The standard InChI is InChI=1S/C17H16F3N3O3/c18-17(19,20)12-2-1-3-14(8-12)26-10-15(24)22-9-11-4-6-13(7-5-11)23-16(21)25/h1-8H,9-10H2,(H,22,24)(H3,21,23,25). The van der Waals surface area contributed by atoms with Crippen molar-refractivity contribution in [3.8, 4) is 5.75 Å². The highest BCUT2D eigenvalue weighted by molar-refractivity contribution is 5.87. The maximum atomic E-state index is 12.6. The van der Waals surface area contributed by atoms with Crippen LogP contribution in [0, 0.1) is 0 Å². The van der Waals surface area contributed by atoms with Gasteiger partial charge in [0, 0.05) is 12.2 Å². The van der Waals surface area contributed by atoms with E-state index in [9.17, 15) is 22.8 Å². The van der Waals surface area contributed by atoms with Gasteiger partial charge in [0.1, 0.15) is 5.75 Å². The maximum Gasteiger partial charge on any atom is 0.416 e. The van der Waals surface area contributed by atoms with E-state index in [1.165, 1.54) is 12.1 Å². The van der Waals surface area contributed by atoms with Gasteiger partial charge in [-0.1, -0.05) is 18.2 Å². The van der Waals surface area contributed by atoms with Crippen LogP contribution in [0.1, 0.15) is 11.1 Å². The summed E-state index contributed by atoms with van der Waals surface area (Å²) in [7, 11) is 0. The van der Waals surface area contributed by atoms with E-state index < -0.39 is 30.3 Å². The van der Waals surface area contributed by atoms with Crippen molar-refractivity contribution in [3.05, 3.63) is 59.7 Å². The second kappa shape index (κ2) is 8.24. The fourth-order valence-corrected chi connectivity index (χ4v) is 2.01. The van der Waals surface area contributed by atoms with Crippen LogP contribution in [0.4, 0.5) is 23.7 Å². The topological polar surface area (TPSA) is 93.5 Å². The van der Waals surface area contributed by atoms with Crippen LogP contribution >= 0.6 is 0 Å². The number of alkyl halides is 3. The number of carbonyl (C=O) groups excluding carboxylic acids is 2. The molecule has 0 aliphatic rings. The SMILES string of the molecule is NC(=O)Nc1ccc(CNC(=O)COc2cccc(C(F)(F)F)c2)cc1. The highest BCUT2D eigenvalue weighted by atomic mass is 19.4. The first kappa shape index (κ1) is 19.1. The number of rotatable bonds is 6. The van der Waals surface area contributed by atoms with Gasteiger partial charge in [-0.2, -0.15) is 13.2 Å². The first-order chi connectivity index (χ1) is 12.2. The number of ether oxygens (including phenoxy) is 1. The van der Waals surface area contributed by atoms with Crippen LogP contribution in [0.15, 0.2) is 48.5 Å². The molecular formula is C17H16F3N3O3. The first-order valence-corrected chi connectivity index (χ1v) is 7.46. The van der Waals surface area contributed by atoms with Crippen LogP contribution < -0.4 is 21.1 Å². The van der Waals surface area contributed by atoms with Crippen LogP contribution in [0.3, 0.4) is 0 Å². The Labute approximate surface area is 147 Å². The largest absolute Gasteiger partial charge is 0.484 e. The molecule has 0 atom stereocenters. The second-order valence-corrected chi connectivity index (χ2v) is 5.28. The third-order valence-corrected chi connectivity index (χ3v) is 3.24. The van der Waals surface area contributed by atoms with Crippen LogP contribution in [0.25, 0.3) is 0 Å². The fourth-order valence-electron chi connectivity index (χ4n) is 2.01. The molecule has 9 heteroatoms. The fraction of sp³-hybridized carbons (Fsp3) is 0.176. The minimum absolute atomic E-state index is 0.0446. The molecule has 0 fully saturated rings. The number of hydrogen-bond acceptors (Lipinski definition) is 3. The molecule has 0 radical (unpaired) electrons. The van der Waals surface area contributed by atoms with Gasteiger partial charge in [-0.3, -0.25) is 4.79 Å². The van der Waals surface area contributed by atoms with E-state index in [-0.39, 0.29) is 12.3 Å². The number of primary amides is 1. The summed E-state index contributed by atoms with van der Waals surface area (Å²) in [6.45, 7) is -0.218. The summed E-state index contributed by atoms with van der Waals surface area (Å²) in [5.74, 6) is -0.529. The molecule has 0 spiro atoms.